The van der Waals surface area contributed by atoms with Gasteiger partial charge in [0.2, 0.25) is 0 Å². The zero-order chi connectivity index (χ0) is 40.5. The smallest absolute Gasteiger partial charge is 0.164 e. The van der Waals surface area contributed by atoms with Crippen molar-refractivity contribution < 1.29 is 0 Å². The first-order valence-electron chi connectivity index (χ1n) is 20.6. The molecular weight excluding hydrogens is 741 g/mol. The first kappa shape index (κ1) is 35.9. The average Bonchev–Trinajstić information content (AvgIpc) is 3.68. The second-order valence-corrected chi connectivity index (χ2v) is 15.3. The molecular formula is C57H38N4. The van der Waals surface area contributed by atoms with Crippen molar-refractivity contribution in [1.29, 1.82) is 0 Å². The maximum atomic E-state index is 5.15. The molecule has 4 heteroatoms. The van der Waals surface area contributed by atoms with E-state index >= 15 is 0 Å². The molecule has 11 rings (SSSR count). The summed E-state index contributed by atoms with van der Waals surface area (Å²) in [6.07, 6.45) is 0. The topological polar surface area (TPSA) is 43.6 Å². The quantitative estimate of drug-likeness (QED) is 0.154. The number of nitrogens with zero attached hydrogens (tertiary/aromatic N) is 4. The van der Waals surface area contributed by atoms with Crippen LogP contribution in [-0.2, 0) is 0 Å². The standard InChI is InChI=1S/C57H38N4/c1-4-13-39(14-5-1)41-23-25-42(26-24-41)43-27-29-46(30-28-43)56-58-55(45-17-8-3-9-18-45)59-57(60-56)49-33-36-52-51-21-10-11-22-53(51)61(54(52)38-49)50-34-31-44(32-35-50)48-20-12-19-47(37-48)40-15-6-2-7-16-40/h1-38H. The maximum absolute atomic E-state index is 5.15. The predicted octanol–water partition coefficient (Wildman–Crippen LogP) is 14.6. The number of aromatic nitrogens is 4. The molecule has 2 aromatic heterocycles. The van der Waals surface area contributed by atoms with E-state index < -0.39 is 0 Å². The first-order valence-corrected chi connectivity index (χ1v) is 20.6. The van der Waals surface area contributed by atoms with E-state index in [0.29, 0.717) is 17.5 Å². The highest BCUT2D eigenvalue weighted by Crippen LogP contribution is 2.36. The van der Waals surface area contributed by atoms with Crippen LogP contribution in [0.5, 0.6) is 0 Å². The summed E-state index contributed by atoms with van der Waals surface area (Å²) in [6.45, 7) is 0. The molecule has 0 spiro atoms. The zero-order valence-corrected chi connectivity index (χ0v) is 33.2. The number of para-hydroxylation sites is 1. The van der Waals surface area contributed by atoms with Crippen molar-refractivity contribution in [2.45, 2.75) is 0 Å². The van der Waals surface area contributed by atoms with Crippen molar-refractivity contribution in [3.05, 3.63) is 231 Å². The molecule has 0 unspecified atom stereocenters. The molecule has 61 heavy (non-hydrogen) atoms. The number of fused-ring (bicyclic) bond motifs is 3. The molecule has 9 aromatic carbocycles. The Morgan fingerprint density at radius 3 is 1.16 bits per heavy atom. The van der Waals surface area contributed by atoms with Crippen LogP contribution in [0.1, 0.15) is 0 Å². The van der Waals surface area contributed by atoms with Crippen molar-refractivity contribution in [2.24, 2.45) is 0 Å². The molecule has 0 atom stereocenters. The van der Waals surface area contributed by atoms with Crippen molar-refractivity contribution in [3.8, 4) is 84.4 Å². The van der Waals surface area contributed by atoms with Crippen molar-refractivity contribution in [2.75, 3.05) is 0 Å². The molecule has 2 heterocycles. The Morgan fingerprint density at radius 2 is 0.590 bits per heavy atom. The molecule has 286 valence electrons. The Balaban J connectivity index is 0.974. The lowest BCUT2D eigenvalue weighted by molar-refractivity contribution is 1.07. The van der Waals surface area contributed by atoms with Crippen LogP contribution in [0.4, 0.5) is 0 Å². The molecule has 0 saturated carbocycles. The minimum absolute atomic E-state index is 0.622. The summed E-state index contributed by atoms with van der Waals surface area (Å²) in [7, 11) is 0. The number of rotatable bonds is 8. The largest absolute Gasteiger partial charge is 0.309 e. The Morgan fingerprint density at radius 1 is 0.230 bits per heavy atom. The van der Waals surface area contributed by atoms with E-state index in [1.165, 1.54) is 44.2 Å². The lowest BCUT2D eigenvalue weighted by Gasteiger charge is -2.12. The Labute approximate surface area is 354 Å². The van der Waals surface area contributed by atoms with Gasteiger partial charge in [-0.25, -0.2) is 15.0 Å². The van der Waals surface area contributed by atoms with E-state index in [0.717, 1.165) is 44.5 Å². The van der Waals surface area contributed by atoms with Gasteiger partial charge in [-0.15, -0.1) is 0 Å². The summed E-state index contributed by atoms with van der Waals surface area (Å²) < 4.78 is 2.35. The van der Waals surface area contributed by atoms with Gasteiger partial charge in [-0.1, -0.05) is 200 Å². The summed E-state index contributed by atoms with van der Waals surface area (Å²) >= 11 is 0. The van der Waals surface area contributed by atoms with Gasteiger partial charge in [0.15, 0.2) is 17.5 Å². The molecule has 0 fully saturated rings. The van der Waals surface area contributed by atoms with E-state index in [1.807, 2.05) is 36.4 Å². The summed E-state index contributed by atoms with van der Waals surface area (Å²) in [5.41, 5.74) is 15.6. The van der Waals surface area contributed by atoms with Gasteiger partial charge in [-0.05, 0) is 74.8 Å². The summed E-state index contributed by atoms with van der Waals surface area (Å²) in [6, 6.07) is 81.2. The van der Waals surface area contributed by atoms with E-state index in [4.69, 9.17) is 15.0 Å². The third-order valence-electron chi connectivity index (χ3n) is 11.5. The summed E-state index contributed by atoms with van der Waals surface area (Å²) in [5, 5.41) is 2.36. The highest BCUT2D eigenvalue weighted by molar-refractivity contribution is 6.10. The fourth-order valence-corrected chi connectivity index (χ4v) is 8.35. The second kappa shape index (κ2) is 15.5. The van der Waals surface area contributed by atoms with E-state index in [1.54, 1.807) is 0 Å². The summed E-state index contributed by atoms with van der Waals surface area (Å²) in [5.74, 6) is 1.88. The molecule has 0 aliphatic heterocycles. The van der Waals surface area contributed by atoms with Gasteiger partial charge in [0.05, 0.1) is 11.0 Å². The van der Waals surface area contributed by atoms with Crippen LogP contribution in [0.3, 0.4) is 0 Å². The lowest BCUT2D eigenvalue weighted by Crippen LogP contribution is -2.00. The third-order valence-corrected chi connectivity index (χ3v) is 11.5. The lowest BCUT2D eigenvalue weighted by atomic mass is 9.99. The Kier molecular flexibility index (Phi) is 9.14. The van der Waals surface area contributed by atoms with Crippen molar-refractivity contribution in [1.82, 2.24) is 19.5 Å². The molecule has 0 bridgehead atoms. The number of benzene rings is 9. The van der Waals surface area contributed by atoms with Crippen LogP contribution in [-0.4, -0.2) is 19.5 Å². The normalized spacial score (nSPS) is 11.3. The van der Waals surface area contributed by atoms with Crippen LogP contribution < -0.4 is 0 Å². The minimum atomic E-state index is 0.622. The average molecular weight is 779 g/mol. The fraction of sp³-hybridized carbons (Fsp3) is 0. The SMILES string of the molecule is c1ccc(-c2ccc(-c3ccc(-c4nc(-c5ccccc5)nc(-c5ccc6c7ccccc7n(-c7ccc(-c8cccc(-c9ccccc9)c8)cc7)c6c5)n4)cc3)cc2)cc1. The molecule has 4 nitrogen and oxygen atoms in total. The van der Waals surface area contributed by atoms with Crippen LogP contribution in [0.2, 0.25) is 0 Å². The second-order valence-electron chi connectivity index (χ2n) is 15.3. The van der Waals surface area contributed by atoms with Crippen LogP contribution in [0, 0.1) is 0 Å². The van der Waals surface area contributed by atoms with Crippen LogP contribution in [0.25, 0.3) is 106 Å². The van der Waals surface area contributed by atoms with Gasteiger partial charge in [0, 0.05) is 33.2 Å². The van der Waals surface area contributed by atoms with Crippen molar-refractivity contribution in [3.63, 3.8) is 0 Å². The third kappa shape index (κ3) is 6.96. The summed E-state index contributed by atoms with van der Waals surface area (Å²) in [4.78, 5) is 15.3. The maximum Gasteiger partial charge on any atom is 0.164 e. The number of hydrogen-bond acceptors (Lipinski definition) is 3. The van der Waals surface area contributed by atoms with Gasteiger partial charge in [-0.2, -0.15) is 0 Å². The molecule has 0 aliphatic carbocycles. The first-order chi connectivity index (χ1) is 30.2. The van der Waals surface area contributed by atoms with Gasteiger partial charge < -0.3 is 4.57 Å². The van der Waals surface area contributed by atoms with E-state index in [2.05, 4.69) is 199 Å². The van der Waals surface area contributed by atoms with E-state index in [9.17, 15) is 0 Å². The zero-order valence-electron chi connectivity index (χ0n) is 33.2. The molecule has 0 radical (unpaired) electrons. The fourth-order valence-electron chi connectivity index (χ4n) is 8.35. The Bertz CT molecular complexity index is 3300. The van der Waals surface area contributed by atoms with Crippen molar-refractivity contribution >= 4 is 21.8 Å². The van der Waals surface area contributed by atoms with Crippen LogP contribution >= 0.6 is 0 Å². The minimum Gasteiger partial charge on any atom is -0.309 e. The molecule has 11 aromatic rings. The molecule has 0 aliphatic rings. The predicted molar refractivity (Wildman–Crippen MR) is 252 cm³/mol. The Hall–Kier alpha value is -8.21. The monoisotopic (exact) mass is 778 g/mol. The number of hydrogen-bond donors (Lipinski definition) is 0. The van der Waals surface area contributed by atoms with Gasteiger partial charge >= 0.3 is 0 Å². The molecule has 0 N–H and O–H groups in total. The highest BCUT2D eigenvalue weighted by atomic mass is 15.0. The van der Waals surface area contributed by atoms with Gasteiger partial charge in [-0.3, -0.25) is 0 Å². The molecule has 0 amide bonds. The van der Waals surface area contributed by atoms with Gasteiger partial charge in [0.25, 0.3) is 0 Å². The van der Waals surface area contributed by atoms with Crippen LogP contribution in [0.15, 0.2) is 231 Å². The van der Waals surface area contributed by atoms with Gasteiger partial charge in [0.1, 0.15) is 0 Å². The van der Waals surface area contributed by atoms with E-state index in [-0.39, 0.29) is 0 Å². The molecule has 0 saturated heterocycles. The highest BCUT2D eigenvalue weighted by Gasteiger charge is 2.17.